The number of hydrogen-bond donors (Lipinski definition) is 2. The van der Waals surface area contributed by atoms with Crippen LogP contribution in [-0.2, 0) is 4.79 Å². The van der Waals surface area contributed by atoms with Crippen molar-refractivity contribution >= 4 is 34.8 Å². The van der Waals surface area contributed by atoms with E-state index in [-0.39, 0.29) is 23.3 Å². The molecule has 2 N–H and O–H groups in total. The number of aromatic hydroxyl groups is 1. The van der Waals surface area contributed by atoms with Crippen LogP contribution >= 0.6 is 23.2 Å². The van der Waals surface area contributed by atoms with Gasteiger partial charge in [-0.15, -0.1) is 0 Å². The zero-order valence-corrected chi connectivity index (χ0v) is 11.8. The van der Waals surface area contributed by atoms with Crippen LogP contribution in [0.1, 0.15) is 0 Å². The first-order valence-electron chi connectivity index (χ1n) is 5.71. The minimum Gasteiger partial charge on any atom is -0.506 e. The van der Waals surface area contributed by atoms with Gasteiger partial charge in [0.15, 0.2) is 6.61 Å². The van der Waals surface area contributed by atoms with Crippen LogP contribution in [0.4, 0.5) is 5.69 Å². The molecule has 1 amide bonds. The van der Waals surface area contributed by atoms with Gasteiger partial charge in [-0.25, -0.2) is 0 Å². The van der Waals surface area contributed by atoms with Gasteiger partial charge in [0.2, 0.25) is 0 Å². The Morgan fingerprint density at radius 2 is 2.00 bits per heavy atom. The lowest BCUT2D eigenvalue weighted by Gasteiger charge is -2.08. The van der Waals surface area contributed by atoms with Crippen molar-refractivity contribution in [3.8, 4) is 11.5 Å². The van der Waals surface area contributed by atoms with Gasteiger partial charge in [0.25, 0.3) is 5.91 Å². The van der Waals surface area contributed by atoms with Crippen molar-refractivity contribution in [3.63, 3.8) is 0 Å². The molecule has 0 spiro atoms. The van der Waals surface area contributed by atoms with Crippen molar-refractivity contribution < 1.29 is 14.6 Å². The van der Waals surface area contributed by atoms with Crippen LogP contribution in [0.5, 0.6) is 11.5 Å². The van der Waals surface area contributed by atoms with Crippen LogP contribution in [-0.4, -0.2) is 17.6 Å². The molecule has 0 saturated carbocycles. The molecule has 0 aliphatic rings. The third-order valence-electron chi connectivity index (χ3n) is 2.40. The molecule has 0 fully saturated rings. The fraction of sp³-hybridized carbons (Fsp3) is 0.0714. The molecular formula is C14H11Cl2NO3. The third-order valence-corrected chi connectivity index (χ3v) is 2.95. The average molecular weight is 312 g/mol. The van der Waals surface area contributed by atoms with Crippen molar-refractivity contribution in [3.05, 3.63) is 52.5 Å². The minimum absolute atomic E-state index is 0.0970. The Bertz CT molecular complexity index is 632. The van der Waals surface area contributed by atoms with Gasteiger partial charge in [0, 0.05) is 16.8 Å². The highest BCUT2D eigenvalue weighted by atomic mass is 35.5. The van der Waals surface area contributed by atoms with E-state index in [9.17, 15) is 9.90 Å². The summed E-state index contributed by atoms with van der Waals surface area (Å²) in [6.07, 6.45) is 0. The summed E-state index contributed by atoms with van der Waals surface area (Å²) in [5, 5.41) is 12.8. The molecular weight excluding hydrogens is 301 g/mol. The van der Waals surface area contributed by atoms with Crippen LogP contribution in [0.25, 0.3) is 0 Å². The predicted octanol–water partition coefficient (Wildman–Crippen LogP) is 3.72. The molecule has 0 unspecified atom stereocenters. The lowest BCUT2D eigenvalue weighted by molar-refractivity contribution is -0.118. The summed E-state index contributed by atoms with van der Waals surface area (Å²) in [6, 6.07) is 11.2. The number of nitrogens with one attached hydrogen (secondary N) is 1. The number of benzene rings is 2. The lowest BCUT2D eigenvalue weighted by Crippen LogP contribution is -2.20. The van der Waals surface area contributed by atoms with Crippen molar-refractivity contribution in [2.45, 2.75) is 0 Å². The van der Waals surface area contributed by atoms with Gasteiger partial charge >= 0.3 is 0 Å². The van der Waals surface area contributed by atoms with Crippen molar-refractivity contribution in [2.75, 3.05) is 11.9 Å². The number of hydrogen-bond acceptors (Lipinski definition) is 3. The summed E-state index contributed by atoms with van der Waals surface area (Å²) in [7, 11) is 0. The number of phenols is 1. The second-order valence-corrected chi connectivity index (χ2v) is 4.80. The highest BCUT2D eigenvalue weighted by Gasteiger charge is 2.06. The van der Waals surface area contributed by atoms with Gasteiger partial charge in [0.1, 0.15) is 11.5 Å². The SMILES string of the molecule is O=C(COc1cccc(Cl)c1)Nc1ccc(Cl)c(O)c1. The number of phenolic OH excluding ortho intramolecular Hbond substituents is 1. The second kappa shape index (κ2) is 6.50. The maximum Gasteiger partial charge on any atom is 0.262 e. The zero-order valence-electron chi connectivity index (χ0n) is 10.3. The molecule has 2 aromatic carbocycles. The number of halogens is 2. The maximum absolute atomic E-state index is 11.7. The molecule has 0 radical (unpaired) electrons. The molecule has 0 atom stereocenters. The maximum atomic E-state index is 11.7. The standard InChI is InChI=1S/C14H11Cl2NO3/c15-9-2-1-3-11(6-9)20-8-14(19)17-10-4-5-12(16)13(18)7-10/h1-7,18H,8H2,(H,17,19). The van der Waals surface area contributed by atoms with Gasteiger partial charge in [-0.2, -0.15) is 0 Å². The third kappa shape index (κ3) is 4.05. The van der Waals surface area contributed by atoms with Crippen molar-refractivity contribution in [1.29, 1.82) is 0 Å². The number of rotatable bonds is 4. The minimum atomic E-state index is -0.355. The Morgan fingerprint density at radius 3 is 2.70 bits per heavy atom. The Hall–Kier alpha value is -1.91. The quantitative estimate of drug-likeness (QED) is 0.904. The van der Waals surface area contributed by atoms with Crippen LogP contribution < -0.4 is 10.1 Å². The number of carbonyl (C=O) groups excluding carboxylic acids is 1. The second-order valence-electron chi connectivity index (χ2n) is 3.96. The summed E-state index contributed by atoms with van der Waals surface area (Å²) in [5.74, 6) is 0.0542. The van der Waals surface area contributed by atoms with Gasteiger partial charge in [-0.1, -0.05) is 29.3 Å². The topological polar surface area (TPSA) is 58.6 Å². The number of amides is 1. The van der Waals surface area contributed by atoms with E-state index < -0.39 is 0 Å². The Labute approximate surface area is 125 Å². The van der Waals surface area contributed by atoms with Crippen LogP contribution in [0.2, 0.25) is 10.0 Å². The largest absolute Gasteiger partial charge is 0.506 e. The van der Waals surface area contributed by atoms with Gasteiger partial charge in [-0.3, -0.25) is 4.79 Å². The fourth-order valence-electron chi connectivity index (χ4n) is 1.49. The first kappa shape index (κ1) is 14.5. The van der Waals surface area contributed by atoms with E-state index in [0.29, 0.717) is 16.5 Å². The molecule has 4 nitrogen and oxygen atoms in total. The van der Waals surface area contributed by atoms with E-state index in [1.54, 1.807) is 30.3 Å². The van der Waals surface area contributed by atoms with Gasteiger partial charge < -0.3 is 15.2 Å². The molecule has 0 heterocycles. The van der Waals surface area contributed by atoms with Crippen LogP contribution in [0.15, 0.2) is 42.5 Å². The summed E-state index contributed by atoms with van der Waals surface area (Å²) in [4.78, 5) is 11.7. The van der Waals surface area contributed by atoms with Crippen molar-refractivity contribution in [2.24, 2.45) is 0 Å². The zero-order chi connectivity index (χ0) is 14.5. The molecule has 2 rings (SSSR count). The van der Waals surface area contributed by atoms with E-state index in [1.807, 2.05) is 0 Å². The monoisotopic (exact) mass is 311 g/mol. The number of anilines is 1. The van der Waals surface area contributed by atoms with E-state index in [1.165, 1.54) is 12.1 Å². The number of ether oxygens (including phenoxy) is 1. The smallest absolute Gasteiger partial charge is 0.262 e. The first-order valence-corrected chi connectivity index (χ1v) is 6.47. The first-order chi connectivity index (χ1) is 9.54. The van der Waals surface area contributed by atoms with Crippen LogP contribution in [0, 0.1) is 0 Å². The molecule has 0 aromatic heterocycles. The molecule has 0 bridgehead atoms. The van der Waals surface area contributed by atoms with Crippen LogP contribution in [0.3, 0.4) is 0 Å². The Kier molecular flexibility index (Phi) is 4.71. The lowest BCUT2D eigenvalue weighted by atomic mass is 10.3. The van der Waals surface area contributed by atoms with Crippen molar-refractivity contribution in [1.82, 2.24) is 0 Å². The average Bonchev–Trinajstić information content (AvgIpc) is 2.41. The summed E-state index contributed by atoms with van der Waals surface area (Å²) in [6.45, 7) is -0.163. The Morgan fingerprint density at radius 1 is 1.20 bits per heavy atom. The summed E-state index contributed by atoms with van der Waals surface area (Å²) < 4.78 is 5.29. The number of carbonyl (C=O) groups is 1. The molecule has 20 heavy (non-hydrogen) atoms. The summed E-state index contributed by atoms with van der Waals surface area (Å²) in [5.41, 5.74) is 0.437. The van der Waals surface area contributed by atoms with Gasteiger partial charge in [-0.05, 0) is 30.3 Å². The highest BCUT2D eigenvalue weighted by molar-refractivity contribution is 6.32. The van der Waals surface area contributed by atoms with Gasteiger partial charge in [0.05, 0.1) is 5.02 Å². The molecule has 2 aromatic rings. The van der Waals surface area contributed by atoms with E-state index in [4.69, 9.17) is 27.9 Å². The molecule has 104 valence electrons. The fourth-order valence-corrected chi connectivity index (χ4v) is 1.79. The van der Waals surface area contributed by atoms with E-state index in [2.05, 4.69) is 5.32 Å². The molecule has 0 aliphatic carbocycles. The molecule has 6 heteroatoms. The summed E-state index contributed by atoms with van der Waals surface area (Å²) >= 11 is 11.5. The normalized spacial score (nSPS) is 10.1. The molecule has 0 saturated heterocycles. The Balaban J connectivity index is 1.91. The predicted molar refractivity (Wildman–Crippen MR) is 78.7 cm³/mol. The highest BCUT2D eigenvalue weighted by Crippen LogP contribution is 2.26. The van der Waals surface area contributed by atoms with E-state index >= 15 is 0 Å². The van der Waals surface area contributed by atoms with E-state index in [0.717, 1.165) is 0 Å². The molecule has 0 aliphatic heterocycles.